The number of nitrogens with zero attached hydrogens (tertiary/aromatic N) is 5. The Bertz CT molecular complexity index is 800. The summed E-state index contributed by atoms with van der Waals surface area (Å²) in [6.45, 7) is 2.28. The van der Waals surface area contributed by atoms with Crippen LogP contribution in [0.2, 0.25) is 5.15 Å². The van der Waals surface area contributed by atoms with Gasteiger partial charge in [0.15, 0.2) is 21.7 Å². The van der Waals surface area contributed by atoms with Crippen molar-refractivity contribution >= 4 is 44.5 Å². The zero-order valence-electron chi connectivity index (χ0n) is 10.5. The predicted molar refractivity (Wildman–Crippen MR) is 80.5 cm³/mol. The molecule has 0 amide bonds. The lowest BCUT2D eigenvalue weighted by Crippen LogP contribution is -2.05. The van der Waals surface area contributed by atoms with Crippen LogP contribution in [-0.4, -0.2) is 24.5 Å². The summed E-state index contributed by atoms with van der Waals surface area (Å²) in [4.78, 5) is 17.1. The summed E-state index contributed by atoms with van der Waals surface area (Å²) in [5, 5.41) is 0.452. The van der Waals surface area contributed by atoms with Crippen LogP contribution in [0.5, 0.6) is 0 Å². The van der Waals surface area contributed by atoms with Gasteiger partial charge in [-0.1, -0.05) is 17.7 Å². The highest BCUT2D eigenvalue weighted by molar-refractivity contribution is 9.10. The average molecular weight is 354 g/mol. The number of anilines is 1. The molecule has 2 N–H and O–H groups in total. The van der Waals surface area contributed by atoms with Crippen molar-refractivity contribution in [3.8, 4) is 0 Å². The number of rotatable bonds is 2. The van der Waals surface area contributed by atoms with Gasteiger partial charge in [-0.3, -0.25) is 4.57 Å². The van der Waals surface area contributed by atoms with E-state index in [1.54, 1.807) is 13.0 Å². The van der Waals surface area contributed by atoms with Crippen LogP contribution in [0.15, 0.2) is 22.9 Å². The minimum absolute atomic E-state index is 0.367. The molecule has 0 unspecified atom stereocenters. The molecule has 3 aromatic rings. The van der Waals surface area contributed by atoms with Crippen LogP contribution in [0, 0.1) is 6.92 Å². The number of nitrogen functional groups attached to an aromatic ring is 1. The summed E-state index contributed by atoms with van der Waals surface area (Å²) in [6, 6.07) is 5.48. The first-order valence-corrected chi connectivity index (χ1v) is 6.99. The molecule has 3 heterocycles. The van der Waals surface area contributed by atoms with Crippen LogP contribution < -0.4 is 5.73 Å². The highest BCUT2D eigenvalue weighted by atomic mass is 79.9. The van der Waals surface area contributed by atoms with E-state index >= 15 is 0 Å². The smallest absolute Gasteiger partial charge is 0.179 e. The third-order valence-corrected chi connectivity index (χ3v) is 3.60. The van der Waals surface area contributed by atoms with Gasteiger partial charge in [-0.2, -0.15) is 0 Å². The molecule has 8 heteroatoms. The van der Waals surface area contributed by atoms with Crippen molar-refractivity contribution in [3.63, 3.8) is 0 Å². The second-order valence-electron chi connectivity index (χ2n) is 4.25. The van der Waals surface area contributed by atoms with E-state index in [0.717, 1.165) is 5.69 Å². The molecule has 0 bridgehead atoms. The van der Waals surface area contributed by atoms with Crippen LogP contribution >= 0.6 is 27.5 Å². The maximum Gasteiger partial charge on any atom is 0.179 e. The topological polar surface area (TPSA) is 82.5 Å². The molecule has 102 valence electrons. The maximum absolute atomic E-state index is 5.90. The number of imidazole rings is 1. The van der Waals surface area contributed by atoms with Gasteiger partial charge in [-0.15, -0.1) is 0 Å². The predicted octanol–water partition coefficient (Wildman–Crippen LogP) is 2.58. The molecule has 0 saturated heterocycles. The first-order valence-electron chi connectivity index (χ1n) is 5.82. The zero-order chi connectivity index (χ0) is 14.3. The Morgan fingerprint density at radius 3 is 2.80 bits per heavy atom. The molecular formula is C12H10BrClN6. The Kier molecular flexibility index (Phi) is 3.31. The molecular weight excluding hydrogens is 344 g/mol. The largest absolute Gasteiger partial charge is 0.382 e. The highest BCUT2D eigenvalue weighted by Crippen LogP contribution is 2.23. The summed E-state index contributed by atoms with van der Waals surface area (Å²) in [5.41, 5.74) is 7.93. The van der Waals surface area contributed by atoms with Crippen molar-refractivity contribution in [1.29, 1.82) is 0 Å². The Morgan fingerprint density at radius 2 is 2.05 bits per heavy atom. The number of hydrogen-bond donors (Lipinski definition) is 1. The molecule has 0 aliphatic heterocycles. The van der Waals surface area contributed by atoms with E-state index in [9.17, 15) is 0 Å². The molecule has 0 atom stereocenters. The number of fused-ring (bicyclic) bond motifs is 1. The summed E-state index contributed by atoms with van der Waals surface area (Å²) >= 11 is 9.31. The summed E-state index contributed by atoms with van der Waals surface area (Å²) in [5.74, 6) is 0.966. The van der Waals surface area contributed by atoms with Crippen molar-refractivity contribution in [2.45, 2.75) is 13.5 Å². The molecule has 0 aliphatic rings. The number of nitrogens with two attached hydrogens (primary N) is 1. The summed E-state index contributed by atoms with van der Waals surface area (Å²) in [7, 11) is 0. The molecule has 0 aliphatic carbocycles. The summed E-state index contributed by atoms with van der Waals surface area (Å²) in [6.07, 6.45) is 0. The second-order valence-corrected chi connectivity index (χ2v) is 5.34. The SMILES string of the molecule is Cc1nc(N)c2nc(Br)n(Cc3cccc(Cl)n3)c2n1. The lowest BCUT2D eigenvalue weighted by molar-refractivity contribution is 0.766. The normalized spacial score (nSPS) is 11.2. The van der Waals surface area contributed by atoms with E-state index in [1.165, 1.54) is 0 Å². The molecule has 6 nitrogen and oxygen atoms in total. The van der Waals surface area contributed by atoms with Gasteiger partial charge in [0, 0.05) is 0 Å². The van der Waals surface area contributed by atoms with Crippen molar-refractivity contribution in [2.75, 3.05) is 5.73 Å². The minimum Gasteiger partial charge on any atom is -0.382 e. The molecule has 3 aromatic heterocycles. The van der Waals surface area contributed by atoms with Crippen molar-refractivity contribution in [1.82, 2.24) is 24.5 Å². The minimum atomic E-state index is 0.367. The van der Waals surface area contributed by atoms with Gasteiger partial charge >= 0.3 is 0 Å². The fourth-order valence-corrected chi connectivity index (χ4v) is 2.60. The number of aryl methyl sites for hydroxylation is 1. The van der Waals surface area contributed by atoms with Gasteiger partial charge in [-0.25, -0.2) is 19.9 Å². The lowest BCUT2D eigenvalue weighted by atomic mass is 10.3. The van der Waals surface area contributed by atoms with Crippen LogP contribution in [-0.2, 0) is 6.54 Å². The van der Waals surface area contributed by atoms with Crippen molar-refractivity contribution in [2.24, 2.45) is 0 Å². The van der Waals surface area contributed by atoms with Crippen LogP contribution in [0.1, 0.15) is 11.5 Å². The monoisotopic (exact) mass is 352 g/mol. The summed E-state index contributed by atoms with van der Waals surface area (Å²) < 4.78 is 2.50. The Balaban J connectivity index is 2.14. The van der Waals surface area contributed by atoms with Crippen LogP contribution in [0.25, 0.3) is 11.2 Å². The van der Waals surface area contributed by atoms with E-state index in [2.05, 4.69) is 35.9 Å². The van der Waals surface area contributed by atoms with E-state index in [-0.39, 0.29) is 0 Å². The third kappa shape index (κ3) is 2.34. The van der Waals surface area contributed by atoms with Crippen LogP contribution in [0.3, 0.4) is 0 Å². The van der Waals surface area contributed by atoms with E-state index in [0.29, 0.717) is 39.2 Å². The molecule has 0 aromatic carbocycles. The van der Waals surface area contributed by atoms with Gasteiger partial charge < -0.3 is 5.73 Å². The van der Waals surface area contributed by atoms with Crippen molar-refractivity contribution < 1.29 is 0 Å². The van der Waals surface area contributed by atoms with Crippen LogP contribution in [0.4, 0.5) is 5.82 Å². The molecule has 0 fully saturated rings. The molecule has 0 saturated carbocycles. The molecule has 0 spiro atoms. The second kappa shape index (κ2) is 4.99. The Morgan fingerprint density at radius 1 is 1.25 bits per heavy atom. The van der Waals surface area contributed by atoms with E-state index < -0.39 is 0 Å². The average Bonchev–Trinajstić information content (AvgIpc) is 2.68. The van der Waals surface area contributed by atoms with Gasteiger partial charge in [0.05, 0.1) is 12.2 Å². The van der Waals surface area contributed by atoms with E-state index in [4.69, 9.17) is 17.3 Å². The number of halogens is 2. The number of aromatic nitrogens is 5. The maximum atomic E-state index is 5.90. The number of pyridine rings is 1. The van der Waals surface area contributed by atoms with Crippen molar-refractivity contribution in [3.05, 3.63) is 39.6 Å². The number of hydrogen-bond acceptors (Lipinski definition) is 5. The molecule has 0 radical (unpaired) electrons. The lowest BCUT2D eigenvalue weighted by Gasteiger charge is -2.05. The first kappa shape index (κ1) is 13.3. The van der Waals surface area contributed by atoms with Gasteiger partial charge in [-0.05, 0) is 35.0 Å². The highest BCUT2D eigenvalue weighted by Gasteiger charge is 2.14. The zero-order valence-corrected chi connectivity index (χ0v) is 12.9. The third-order valence-electron chi connectivity index (χ3n) is 2.78. The van der Waals surface area contributed by atoms with Gasteiger partial charge in [0.2, 0.25) is 0 Å². The Labute approximate surface area is 128 Å². The fourth-order valence-electron chi connectivity index (χ4n) is 1.95. The van der Waals surface area contributed by atoms with Gasteiger partial charge in [0.1, 0.15) is 11.0 Å². The molecule has 20 heavy (non-hydrogen) atoms. The van der Waals surface area contributed by atoms with Gasteiger partial charge in [0.25, 0.3) is 0 Å². The van der Waals surface area contributed by atoms with E-state index in [1.807, 2.05) is 16.7 Å². The standard InChI is InChI=1S/C12H10BrClN6/c1-6-16-10(15)9-11(17-6)20(12(13)19-9)5-7-3-2-4-8(14)18-7/h2-4H,5H2,1H3,(H2,15,16,17). The quantitative estimate of drug-likeness (QED) is 0.565. The molecule has 3 rings (SSSR count). The fraction of sp³-hybridized carbons (Fsp3) is 0.167. The first-order chi connectivity index (χ1) is 9.54. The Hall–Kier alpha value is -1.73.